The fraction of sp³-hybridized carbons (Fsp3) is 0.538. The summed E-state index contributed by atoms with van der Waals surface area (Å²) in [7, 11) is 0. The molecule has 3 heteroatoms. The van der Waals surface area contributed by atoms with Crippen molar-refractivity contribution in [2.75, 3.05) is 6.61 Å². The van der Waals surface area contributed by atoms with Gasteiger partial charge in [0.15, 0.2) is 11.6 Å². The second-order valence-electron chi connectivity index (χ2n) is 5.04. The topological polar surface area (TPSA) is 35.2 Å². The molecule has 0 aliphatic carbocycles. The van der Waals surface area contributed by atoms with E-state index in [4.69, 9.17) is 10.5 Å². The molecule has 0 amide bonds. The third-order valence-corrected chi connectivity index (χ3v) is 2.23. The van der Waals surface area contributed by atoms with Crippen molar-refractivity contribution >= 4 is 0 Å². The molecule has 90 valence electrons. The molecule has 0 spiro atoms. The largest absolute Gasteiger partial charge is 0.490 e. The highest BCUT2D eigenvalue weighted by Gasteiger charge is 2.16. The molecule has 0 unspecified atom stereocenters. The van der Waals surface area contributed by atoms with Crippen molar-refractivity contribution in [3.05, 3.63) is 30.1 Å². The Kier molecular flexibility index (Phi) is 4.30. The number of benzene rings is 1. The lowest BCUT2D eigenvalue weighted by Gasteiger charge is -2.23. The van der Waals surface area contributed by atoms with Gasteiger partial charge < -0.3 is 10.5 Å². The quantitative estimate of drug-likeness (QED) is 0.836. The van der Waals surface area contributed by atoms with Crippen LogP contribution < -0.4 is 10.5 Å². The highest BCUT2D eigenvalue weighted by molar-refractivity contribution is 5.23. The van der Waals surface area contributed by atoms with Gasteiger partial charge in [-0.3, -0.25) is 0 Å². The van der Waals surface area contributed by atoms with Crippen LogP contribution in [-0.2, 0) is 0 Å². The van der Waals surface area contributed by atoms with E-state index in [1.807, 2.05) is 13.8 Å². The first-order valence-corrected chi connectivity index (χ1v) is 5.55. The number of ether oxygens (including phenoxy) is 1. The molecule has 2 nitrogen and oxygen atoms in total. The predicted octanol–water partition coefficient (Wildman–Crippen LogP) is 2.97. The zero-order valence-electron chi connectivity index (χ0n) is 10.2. The molecule has 0 radical (unpaired) electrons. The minimum absolute atomic E-state index is 0.210. The number of para-hydroxylation sites is 1. The SMILES string of the molecule is C[C@H](COc1ccccc1F)CC(C)(C)N. The normalized spacial score (nSPS) is 13.6. The van der Waals surface area contributed by atoms with Gasteiger partial charge >= 0.3 is 0 Å². The van der Waals surface area contributed by atoms with Gasteiger partial charge in [-0.25, -0.2) is 4.39 Å². The van der Waals surface area contributed by atoms with Gasteiger partial charge in [0.2, 0.25) is 0 Å². The highest BCUT2D eigenvalue weighted by Crippen LogP contribution is 2.18. The summed E-state index contributed by atoms with van der Waals surface area (Å²) in [4.78, 5) is 0. The number of hydrogen-bond donors (Lipinski definition) is 1. The van der Waals surface area contributed by atoms with E-state index in [9.17, 15) is 4.39 Å². The summed E-state index contributed by atoms with van der Waals surface area (Å²) in [6.45, 7) is 6.50. The monoisotopic (exact) mass is 225 g/mol. The van der Waals surface area contributed by atoms with E-state index in [0.717, 1.165) is 6.42 Å². The highest BCUT2D eigenvalue weighted by atomic mass is 19.1. The Labute approximate surface area is 96.6 Å². The van der Waals surface area contributed by atoms with E-state index in [2.05, 4.69) is 6.92 Å². The van der Waals surface area contributed by atoms with Crippen molar-refractivity contribution in [1.29, 1.82) is 0 Å². The van der Waals surface area contributed by atoms with Gasteiger partial charge in [0, 0.05) is 5.54 Å². The van der Waals surface area contributed by atoms with Crippen LogP contribution in [0.5, 0.6) is 5.75 Å². The maximum Gasteiger partial charge on any atom is 0.165 e. The Morgan fingerprint density at radius 3 is 2.56 bits per heavy atom. The Balaban J connectivity index is 2.43. The Morgan fingerprint density at radius 1 is 1.38 bits per heavy atom. The minimum Gasteiger partial charge on any atom is -0.490 e. The van der Waals surface area contributed by atoms with E-state index >= 15 is 0 Å². The van der Waals surface area contributed by atoms with Crippen LogP contribution in [0.25, 0.3) is 0 Å². The van der Waals surface area contributed by atoms with E-state index in [-0.39, 0.29) is 11.4 Å². The van der Waals surface area contributed by atoms with Crippen LogP contribution in [-0.4, -0.2) is 12.1 Å². The molecular formula is C13H20FNO. The molecule has 0 fully saturated rings. The predicted molar refractivity (Wildman–Crippen MR) is 63.9 cm³/mol. The molecule has 16 heavy (non-hydrogen) atoms. The third-order valence-electron chi connectivity index (χ3n) is 2.23. The van der Waals surface area contributed by atoms with Crippen LogP contribution in [0.3, 0.4) is 0 Å². The van der Waals surface area contributed by atoms with Crippen molar-refractivity contribution in [1.82, 2.24) is 0 Å². The fourth-order valence-corrected chi connectivity index (χ4v) is 1.75. The molecule has 1 rings (SSSR count). The van der Waals surface area contributed by atoms with Crippen molar-refractivity contribution in [2.45, 2.75) is 32.7 Å². The van der Waals surface area contributed by atoms with Crippen molar-refractivity contribution in [3.8, 4) is 5.75 Å². The summed E-state index contributed by atoms with van der Waals surface area (Å²) in [5, 5.41) is 0. The second kappa shape index (κ2) is 5.30. The standard InChI is InChI=1S/C13H20FNO/c1-10(8-13(2,3)15)9-16-12-7-5-4-6-11(12)14/h4-7,10H,8-9,15H2,1-3H3/t10-/m0/s1. The van der Waals surface area contributed by atoms with Gasteiger partial charge in [-0.1, -0.05) is 19.1 Å². The van der Waals surface area contributed by atoms with Crippen LogP contribution in [0.1, 0.15) is 27.2 Å². The average Bonchev–Trinajstić information content (AvgIpc) is 2.14. The Morgan fingerprint density at radius 2 is 2.00 bits per heavy atom. The molecule has 0 saturated heterocycles. The summed E-state index contributed by atoms with van der Waals surface area (Å²) < 4.78 is 18.6. The first kappa shape index (κ1) is 13.0. The number of rotatable bonds is 5. The lowest BCUT2D eigenvalue weighted by molar-refractivity contribution is 0.222. The van der Waals surface area contributed by atoms with Crippen molar-refractivity contribution < 1.29 is 9.13 Å². The van der Waals surface area contributed by atoms with E-state index in [0.29, 0.717) is 18.3 Å². The summed E-state index contributed by atoms with van der Waals surface area (Å²) >= 11 is 0. The van der Waals surface area contributed by atoms with Crippen LogP contribution in [0.2, 0.25) is 0 Å². The summed E-state index contributed by atoms with van der Waals surface area (Å²) in [6, 6.07) is 6.44. The minimum atomic E-state index is -0.318. The van der Waals surface area contributed by atoms with Gasteiger partial charge in [-0.15, -0.1) is 0 Å². The molecule has 0 aliphatic rings. The lowest BCUT2D eigenvalue weighted by atomic mass is 9.93. The number of nitrogens with two attached hydrogens (primary N) is 1. The molecule has 0 heterocycles. The number of hydrogen-bond acceptors (Lipinski definition) is 2. The van der Waals surface area contributed by atoms with Crippen molar-refractivity contribution in [3.63, 3.8) is 0 Å². The molecule has 0 aromatic heterocycles. The van der Waals surface area contributed by atoms with Gasteiger partial charge in [-0.2, -0.15) is 0 Å². The first-order chi connectivity index (χ1) is 7.38. The summed E-state index contributed by atoms with van der Waals surface area (Å²) in [6.07, 6.45) is 0.849. The van der Waals surface area contributed by atoms with Gasteiger partial charge in [0.1, 0.15) is 0 Å². The second-order valence-corrected chi connectivity index (χ2v) is 5.04. The third kappa shape index (κ3) is 4.62. The Bertz CT molecular complexity index is 333. The van der Waals surface area contributed by atoms with Gasteiger partial charge in [-0.05, 0) is 38.3 Å². The smallest absolute Gasteiger partial charge is 0.165 e. The van der Waals surface area contributed by atoms with E-state index in [1.165, 1.54) is 6.07 Å². The van der Waals surface area contributed by atoms with Gasteiger partial charge in [0.05, 0.1) is 6.61 Å². The molecule has 0 aliphatic heterocycles. The molecular weight excluding hydrogens is 205 g/mol. The lowest BCUT2D eigenvalue weighted by Crippen LogP contribution is -2.35. The maximum atomic E-state index is 13.2. The summed E-state index contributed by atoms with van der Waals surface area (Å²) in [5.74, 6) is 0.297. The molecule has 0 bridgehead atoms. The van der Waals surface area contributed by atoms with Crippen molar-refractivity contribution in [2.24, 2.45) is 11.7 Å². The van der Waals surface area contributed by atoms with E-state index in [1.54, 1.807) is 18.2 Å². The molecule has 1 atom stereocenters. The summed E-state index contributed by atoms with van der Waals surface area (Å²) in [5.41, 5.74) is 5.70. The first-order valence-electron chi connectivity index (χ1n) is 5.55. The van der Waals surface area contributed by atoms with E-state index < -0.39 is 0 Å². The van der Waals surface area contributed by atoms with Crippen LogP contribution in [0.15, 0.2) is 24.3 Å². The van der Waals surface area contributed by atoms with Crippen LogP contribution >= 0.6 is 0 Å². The van der Waals surface area contributed by atoms with Crippen LogP contribution in [0, 0.1) is 11.7 Å². The maximum absolute atomic E-state index is 13.2. The van der Waals surface area contributed by atoms with Gasteiger partial charge in [0.25, 0.3) is 0 Å². The zero-order chi connectivity index (χ0) is 12.2. The Hall–Kier alpha value is -1.09. The molecule has 1 aromatic rings. The molecule has 1 aromatic carbocycles. The zero-order valence-corrected chi connectivity index (χ0v) is 10.2. The van der Waals surface area contributed by atoms with Crippen LogP contribution in [0.4, 0.5) is 4.39 Å². The molecule has 0 saturated carbocycles. The number of halogens is 1. The fourth-order valence-electron chi connectivity index (χ4n) is 1.75. The molecule has 2 N–H and O–H groups in total. The average molecular weight is 225 g/mol.